The van der Waals surface area contributed by atoms with Crippen molar-refractivity contribution in [2.24, 2.45) is 0 Å². The molecule has 0 saturated carbocycles. The molecule has 2 nitrogen and oxygen atoms in total. The second-order valence-corrected chi connectivity index (χ2v) is 7.29. The van der Waals surface area contributed by atoms with Gasteiger partial charge in [-0.15, -0.1) is 0 Å². The van der Waals surface area contributed by atoms with Gasteiger partial charge >= 0.3 is 0 Å². The number of rotatable bonds is 1. The molecule has 3 rings (SSSR count). The topological polar surface area (TPSA) is 6.48 Å². The van der Waals surface area contributed by atoms with Gasteiger partial charge in [0.1, 0.15) is 0 Å². The summed E-state index contributed by atoms with van der Waals surface area (Å²) in [6.07, 6.45) is 0. The average molecular weight is 282 g/mol. The van der Waals surface area contributed by atoms with E-state index in [-0.39, 0.29) is 5.41 Å². The first-order valence-corrected chi connectivity index (χ1v) is 7.91. The Morgan fingerprint density at radius 2 is 1.43 bits per heavy atom. The van der Waals surface area contributed by atoms with Crippen LogP contribution in [0.5, 0.6) is 0 Å². The van der Waals surface area contributed by atoms with Gasteiger partial charge in [-0.3, -0.25) is 0 Å². The van der Waals surface area contributed by atoms with Gasteiger partial charge in [-0.25, -0.2) is 0 Å². The van der Waals surface area contributed by atoms with Gasteiger partial charge in [0.2, 0.25) is 0 Å². The summed E-state index contributed by atoms with van der Waals surface area (Å²) in [5.74, 6) is 0. The van der Waals surface area contributed by atoms with Crippen LogP contribution in [-0.4, -0.2) is 38.1 Å². The first-order chi connectivity index (χ1) is 9.93. The molecule has 2 aromatic carbocycles. The van der Waals surface area contributed by atoms with E-state index in [1.165, 1.54) is 22.0 Å². The molecule has 0 radical (unpaired) electrons. The summed E-state index contributed by atoms with van der Waals surface area (Å²) in [4.78, 5) is 4.89. The minimum Gasteiger partial charge on any atom is -0.369 e. The van der Waals surface area contributed by atoms with E-state index in [1.54, 1.807) is 0 Å². The highest BCUT2D eigenvalue weighted by Crippen LogP contribution is 2.28. The van der Waals surface area contributed by atoms with E-state index in [9.17, 15) is 0 Å². The highest BCUT2D eigenvalue weighted by atomic mass is 15.2. The highest BCUT2D eigenvalue weighted by molar-refractivity contribution is 5.86. The molecule has 0 aromatic heterocycles. The number of anilines is 1. The van der Waals surface area contributed by atoms with E-state index in [0.717, 1.165) is 26.2 Å². The standard InChI is InChI=1S/C19H26N2/c1-19(2,3)17-7-5-16-14-18(8-6-15(16)13-17)21-11-9-20(4)10-12-21/h5-8,13-14H,9-12H2,1-4H3. The van der Waals surface area contributed by atoms with E-state index in [0.29, 0.717) is 0 Å². The van der Waals surface area contributed by atoms with Crippen molar-refractivity contribution in [2.75, 3.05) is 38.1 Å². The maximum atomic E-state index is 2.50. The predicted octanol–water partition coefficient (Wildman–Crippen LogP) is 3.89. The van der Waals surface area contributed by atoms with E-state index in [1.807, 2.05) is 0 Å². The second kappa shape index (κ2) is 5.34. The zero-order valence-corrected chi connectivity index (χ0v) is 13.7. The zero-order valence-electron chi connectivity index (χ0n) is 13.7. The summed E-state index contributed by atoms with van der Waals surface area (Å²) in [6.45, 7) is 11.4. The van der Waals surface area contributed by atoms with Gasteiger partial charge in [0.05, 0.1) is 0 Å². The smallest absolute Gasteiger partial charge is 0.0373 e. The molecule has 2 heteroatoms. The summed E-state index contributed by atoms with van der Waals surface area (Å²) in [5, 5.41) is 2.69. The molecule has 0 atom stereocenters. The maximum Gasteiger partial charge on any atom is 0.0373 e. The van der Waals surface area contributed by atoms with E-state index in [2.05, 4.69) is 74.0 Å². The molecule has 0 aliphatic carbocycles. The summed E-state index contributed by atoms with van der Waals surface area (Å²) in [6, 6.07) is 13.8. The van der Waals surface area contributed by atoms with Gasteiger partial charge in [0, 0.05) is 31.9 Å². The molecule has 0 amide bonds. The van der Waals surface area contributed by atoms with Crippen LogP contribution < -0.4 is 4.90 Å². The van der Waals surface area contributed by atoms with Crippen LogP contribution in [0.15, 0.2) is 36.4 Å². The monoisotopic (exact) mass is 282 g/mol. The van der Waals surface area contributed by atoms with E-state index in [4.69, 9.17) is 0 Å². The average Bonchev–Trinajstić information content (AvgIpc) is 2.46. The first kappa shape index (κ1) is 14.4. The lowest BCUT2D eigenvalue weighted by molar-refractivity contribution is 0.313. The van der Waals surface area contributed by atoms with Crippen molar-refractivity contribution in [3.63, 3.8) is 0 Å². The number of nitrogens with zero attached hydrogens (tertiary/aromatic N) is 2. The molecular weight excluding hydrogens is 256 g/mol. The molecule has 21 heavy (non-hydrogen) atoms. The minimum absolute atomic E-state index is 0.213. The lowest BCUT2D eigenvalue weighted by Crippen LogP contribution is -2.44. The quantitative estimate of drug-likeness (QED) is 0.783. The largest absolute Gasteiger partial charge is 0.369 e. The molecule has 2 aromatic rings. The number of hydrogen-bond donors (Lipinski definition) is 0. The number of likely N-dealkylation sites (N-methyl/N-ethyl adjacent to an activating group) is 1. The minimum atomic E-state index is 0.213. The van der Waals surface area contributed by atoms with Crippen molar-refractivity contribution in [3.8, 4) is 0 Å². The van der Waals surface area contributed by atoms with Crippen LogP contribution in [0.1, 0.15) is 26.3 Å². The second-order valence-electron chi connectivity index (χ2n) is 7.29. The molecule has 0 unspecified atom stereocenters. The normalized spacial score (nSPS) is 17.4. The molecule has 1 heterocycles. The van der Waals surface area contributed by atoms with Crippen LogP contribution in [0.2, 0.25) is 0 Å². The zero-order chi connectivity index (χ0) is 15.0. The van der Waals surface area contributed by atoms with Gasteiger partial charge in [-0.2, -0.15) is 0 Å². The van der Waals surface area contributed by atoms with Gasteiger partial charge in [-0.1, -0.05) is 45.0 Å². The molecular formula is C19H26N2. The summed E-state index contributed by atoms with van der Waals surface area (Å²) in [7, 11) is 2.20. The third kappa shape index (κ3) is 3.06. The molecule has 1 aliphatic heterocycles. The van der Waals surface area contributed by atoms with Crippen LogP contribution in [0, 0.1) is 0 Å². The Hall–Kier alpha value is -1.54. The van der Waals surface area contributed by atoms with E-state index >= 15 is 0 Å². The Balaban J connectivity index is 1.91. The number of hydrogen-bond acceptors (Lipinski definition) is 2. The van der Waals surface area contributed by atoms with Gasteiger partial charge in [-0.05, 0) is 40.9 Å². The fourth-order valence-corrected chi connectivity index (χ4v) is 2.96. The summed E-state index contributed by atoms with van der Waals surface area (Å²) >= 11 is 0. The fourth-order valence-electron chi connectivity index (χ4n) is 2.96. The highest BCUT2D eigenvalue weighted by Gasteiger charge is 2.16. The van der Waals surface area contributed by atoms with Crippen molar-refractivity contribution < 1.29 is 0 Å². The molecule has 112 valence electrons. The third-order valence-electron chi connectivity index (χ3n) is 4.56. The molecule has 0 bridgehead atoms. The molecule has 0 N–H and O–H groups in total. The van der Waals surface area contributed by atoms with Crippen molar-refractivity contribution in [1.82, 2.24) is 4.90 Å². The van der Waals surface area contributed by atoms with Crippen LogP contribution in [-0.2, 0) is 5.41 Å². The van der Waals surface area contributed by atoms with Crippen molar-refractivity contribution in [3.05, 3.63) is 42.0 Å². The maximum absolute atomic E-state index is 2.50. The number of benzene rings is 2. The summed E-state index contributed by atoms with van der Waals surface area (Å²) in [5.41, 5.74) is 2.98. The van der Waals surface area contributed by atoms with Crippen LogP contribution in [0.3, 0.4) is 0 Å². The Kier molecular flexibility index (Phi) is 3.66. The van der Waals surface area contributed by atoms with Gasteiger partial charge in [0.25, 0.3) is 0 Å². The molecule has 1 aliphatic rings. The summed E-state index contributed by atoms with van der Waals surface area (Å²) < 4.78 is 0. The lowest BCUT2D eigenvalue weighted by Gasteiger charge is -2.34. The fraction of sp³-hybridized carbons (Fsp3) is 0.474. The lowest BCUT2D eigenvalue weighted by atomic mass is 9.86. The number of fused-ring (bicyclic) bond motifs is 1. The molecule has 1 fully saturated rings. The third-order valence-corrected chi connectivity index (χ3v) is 4.56. The van der Waals surface area contributed by atoms with Crippen molar-refractivity contribution in [1.29, 1.82) is 0 Å². The molecule has 0 spiro atoms. The van der Waals surface area contributed by atoms with Gasteiger partial charge < -0.3 is 9.80 Å². The molecule has 1 saturated heterocycles. The number of piperazine rings is 1. The van der Waals surface area contributed by atoms with Crippen LogP contribution >= 0.6 is 0 Å². The first-order valence-electron chi connectivity index (χ1n) is 7.91. The van der Waals surface area contributed by atoms with E-state index < -0.39 is 0 Å². The SMILES string of the molecule is CN1CCN(c2ccc3cc(C(C)(C)C)ccc3c2)CC1. The van der Waals surface area contributed by atoms with Gasteiger partial charge in [0.15, 0.2) is 0 Å². The Morgan fingerprint density at radius 3 is 2.10 bits per heavy atom. The van der Waals surface area contributed by atoms with Crippen LogP contribution in [0.25, 0.3) is 10.8 Å². The van der Waals surface area contributed by atoms with Crippen molar-refractivity contribution in [2.45, 2.75) is 26.2 Å². The Bertz CT molecular complexity index is 632. The Morgan fingerprint density at radius 1 is 0.810 bits per heavy atom. The Labute approximate surface area is 128 Å². The van der Waals surface area contributed by atoms with Crippen LogP contribution in [0.4, 0.5) is 5.69 Å². The van der Waals surface area contributed by atoms with Crippen molar-refractivity contribution >= 4 is 16.5 Å². The predicted molar refractivity (Wildman–Crippen MR) is 92.4 cm³/mol.